The minimum Gasteiger partial charge on any atom is -0.410 e. The maximum atomic E-state index is 11.7. The molecule has 7 nitrogen and oxygen atoms in total. The number of rotatable bonds is 4. The third-order valence-electron chi connectivity index (χ3n) is 3.63. The van der Waals surface area contributed by atoms with Crippen LogP contribution in [0.15, 0.2) is 24.3 Å². The second-order valence-corrected chi connectivity index (χ2v) is 5.27. The summed E-state index contributed by atoms with van der Waals surface area (Å²) >= 11 is 0. The summed E-state index contributed by atoms with van der Waals surface area (Å²) in [5.41, 5.74) is -0.0333. The number of ether oxygens (including phenoxy) is 1. The van der Waals surface area contributed by atoms with Crippen LogP contribution in [0.25, 0.3) is 0 Å². The zero-order chi connectivity index (χ0) is 15.2. The van der Waals surface area contributed by atoms with Gasteiger partial charge in [-0.25, -0.2) is 4.79 Å². The topological polar surface area (TPSA) is 84.7 Å². The lowest BCUT2D eigenvalue weighted by molar-refractivity contribution is -0.384. The summed E-state index contributed by atoms with van der Waals surface area (Å²) in [6, 6.07) is 5.43. The summed E-state index contributed by atoms with van der Waals surface area (Å²) in [7, 11) is 2.09. The van der Waals surface area contributed by atoms with E-state index in [0.717, 1.165) is 25.9 Å². The summed E-state index contributed by atoms with van der Waals surface area (Å²) in [6.07, 6.45) is 1.60. The van der Waals surface area contributed by atoms with Crippen molar-refractivity contribution in [3.05, 3.63) is 34.4 Å². The van der Waals surface area contributed by atoms with E-state index in [2.05, 4.69) is 17.3 Å². The maximum Gasteiger partial charge on any atom is 0.412 e. The molecule has 0 aliphatic carbocycles. The van der Waals surface area contributed by atoms with Gasteiger partial charge in [0.1, 0.15) is 5.75 Å². The molecule has 1 aliphatic heterocycles. The summed E-state index contributed by atoms with van der Waals surface area (Å²) < 4.78 is 5.08. The van der Waals surface area contributed by atoms with E-state index in [-0.39, 0.29) is 5.69 Å². The van der Waals surface area contributed by atoms with Crippen LogP contribution in [-0.4, -0.2) is 42.6 Å². The highest BCUT2D eigenvalue weighted by molar-refractivity contribution is 5.70. The van der Waals surface area contributed by atoms with E-state index in [4.69, 9.17) is 4.74 Å². The average Bonchev–Trinajstić information content (AvgIpc) is 2.47. The van der Waals surface area contributed by atoms with E-state index in [1.54, 1.807) is 0 Å². The highest BCUT2D eigenvalue weighted by Crippen LogP contribution is 2.18. The number of hydrogen-bond donors (Lipinski definition) is 1. The Morgan fingerprint density at radius 3 is 2.57 bits per heavy atom. The number of carbonyl (C=O) groups excluding carboxylic acids is 1. The number of nitrogens with zero attached hydrogens (tertiary/aromatic N) is 2. The van der Waals surface area contributed by atoms with Crippen molar-refractivity contribution in [2.24, 2.45) is 5.92 Å². The van der Waals surface area contributed by atoms with Crippen molar-refractivity contribution < 1.29 is 14.5 Å². The number of likely N-dealkylation sites (tertiary alicyclic amines) is 1. The Morgan fingerprint density at radius 1 is 1.38 bits per heavy atom. The van der Waals surface area contributed by atoms with Crippen molar-refractivity contribution in [2.75, 3.05) is 26.7 Å². The summed E-state index contributed by atoms with van der Waals surface area (Å²) in [5, 5.41) is 13.3. The van der Waals surface area contributed by atoms with Gasteiger partial charge in [-0.15, -0.1) is 0 Å². The van der Waals surface area contributed by atoms with Gasteiger partial charge in [-0.05, 0) is 51.0 Å². The molecular formula is C14H19N3O4. The van der Waals surface area contributed by atoms with E-state index in [9.17, 15) is 14.9 Å². The number of non-ortho nitro benzene ring substituents is 1. The first-order chi connectivity index (χ1) is 10.0. The predicted molar refractivity (Wildman–Crippen MR) is 77.3 cm³/mol. The van der Waals surface area contributed by atoms with Gasteiger partial charge in [-0.2, -0.15) is 0 Å². The quantitative estimate of drug-likeness (QED) is 0.678. The molecule has 2 rings (SSSR count). The van der Waals surface area contributed by atoms with Crippen LogP contribution < -0.4 is 10.1 Å². The zero-order valence-corrected chi connectivity index (χ0v) is 11.9. The van der Waals surface area contributed by atoms with Crippen molar-refractivity contribution in [1.29, 1.82) is 0 Å². The van der Waals surface area contributed by atoms with E-state index in [0.29, 0.717) is 18.2 Å². The van der Waals surface area contributed by atoms with Gasteiger partial charge < -0.3 is 15.0 Å². The molecule has 1 fully saturated rings. The minimum absolute atomic E-state index is 0.0333. The van der Waals surface area contributed by atoms with Crippen LogP contribution in [-0.2, 0) is 0 Å². The number of nitro groups is 1. The van der Waals surface area contributed by atoms with Gasteiger partial charge in [0.2, 0.25) is 0 Å². The molecule has 1 N–H and O–H groups in total. The van der Waals surface area contributed by atoms with Crippen molar-refractivity contribution in [2.45, 2.75) is 12.8 Å². The Kier molecular flexibility index (Phi) is 5.10. The molecule has 0 radical (unpaired) electrons. The molecule has 0 aromatic heterocycles. The van der Waals surface area contributed by atoms with Gasteiger partial charge in [-0.3, -0.25) is 10.1 Å². The molecule has 0 unspecified atom stereocenters. The molecule has 1 aromatic carbocycles. The molecule has 1 heterocycles. The summed E-state index contributed by atoms with van der Waals surface area (Å²) in [5.74, 6) is 0.770. The van der Waals surface area contributed by atoms with Gasteiger partial charge in [-0.1, -0.05) is 0 Å². The third-order valence-corrected chi connectivity index (χ3v) is 3.63. The molecule has 0 spiro atoms. The number of nitro benzene ring substituents is 1. The molecule has 1 aromatic rings. The number of hydrogen-bond acceptors (Lipinski definition) is 5. The van der Waals surface area contributed by atoms with Gasteiger partial charge in [0.15, 0.2) is 0 Å². The lowest BCUT2D eigenvalue weighted by Gasteiger charge is -2.28. The molecule has 0 saturated carbocycles. The smallest absolute Gasteiger partial charge is 0.410 e. The fraction of sp³-hybridized carbons (Fsp3) is 0.500. The Balaban J connectivity index is 1.75. The van der Waals surface area contributed by atoms with Crippen molar-refractivity contribution >= 4 is 11.8 Å². The number of carbonyl (C=O) groups is 1. The highest BCUT2D eigenvalue weighted by Gasteiger charge is 2.17. The Morgan fingerprint density at radius 2 is 2.00 bits per heavy atom. The molecule has 1 amide bonds. The molecule has 0 bridgehead atoms. The maximum absolute atomic E-state index is 11.7. The van der Waals surface area contributed by atoms with Crippen LogP contribution in [0.3, 0.4) is 0 Å². The lowest BCUT2D eigenvalue weighted by Crippen LogP contribution is -2.37. The predicted octanol–water partition coefficient (Wildman–Crippen LogP) is 2.03. The van der Waals surface area contributed by atoms with Gasteiger partial charge in [0.05, 0.1) is 4.92 Å². The Bertz CT molecular complexity index is 495. The van der Waals surface area contributed by atoms with Crippen LogP contribution in [0.5, 0.6) is 5.75 Å². The molecule has 7 heteroatoms. The molecular weight excluding hydrogens is 274 g/mol. The largest absolute Gasteiger partial charge is 0.412 e. The molecule has 1 saturated heterocycles. The molecule has 1 aliphatic rings. The first kappa shape index (κ1) is 15.2. The van der Waals surface area contributed by atoms with Crippen LogP contribution in [0.2, 0.25) is 0 Å². The molecule has 114 valence electrons. The van der Waals surface area contributed by atoms with E-state index in [1.807, 2.05) is 0 Å². The van der Waals surface area contributed by atoms with Gasteiger partial charge in [0, 0.05) is 18.7 Å². The summed E-state index contributed by atoms with van der Waals surface area (Å²) in [6.45, 7) is 2.69. The van der Waals surface area contributed by atoms with Crippen LogP contribution in [0, 0.1) is 16.0 Å². The molecule has 0 atom stereocenters. The van der Waals surface area contributed by atoms with Crippen LogP contribution >= 0.6 is 0 Å². The fourth-order valence-electron chi connectivity index (χ4n) is 2.27. The van der Waals surface area contributed by atoms with Gasteiger partial charge >= 0.3 is 6.09 Å². The second-order valence-electron chi connectivity index (χ2n) is 5.27. The fourth-order valence-corrected chi connectivity index (χ4v) is 2.27. The monoisotopic (exact) mass is 293 g/mol. The van der Waals surface area contributed by atoms with E-state index in [1.165, 1.54) is 24.3 Å². The third kappa shape index (κ3) is 4.71. The number of piperidine rings is 1. The SMILES string of the molecule is CN1CCC(CNC(=O)Oc2ccc([N+](=O)[O-])cc2)CC1. The zero-order valence-electron chi connectivity index (χ0n) is 11.9. The van der Waals surface area contributed by atoms with Crippen molar-refractivity contribution in [1.82, 2.24) is 10.2 Å². The Hall–Kier alpha value is -2.15. The standard InChI is InChI=1S/C14H19N3O4/c1-16-8-6-11(7-9-16)10-15-14(18)21-13-4-2-12(3-5-13)17(19)20/h2-5,11H,6-10H2,1H3,(H,15,18). The number of amides is 1. The number of benzene rings is 1. The van der Waals surface area contributed by atoms with E-state index >= 15 is 0 Å². The first-order valence-electron chi connectivity index (χ1n) is 6.93. The van der Waals surface area contributed by atoms with E-state index < -0.39 is 11.0 Å². The first-order valence-corrected chi connectivity index (χ1v) is 6.93. The summed E-state index contributed by atoms with van der Waals surface area (Å²) in [4.78, 5) is 24.0. The highest BCUT2D eigenvalue weighted by atomic mass is 16.6. The molecule has 21 heavy (non-hydrogen) atoms. The van der Waals surface area contributed by atoms with Crippen LogP contribution in [0.4, 0.5) is 10.5 Å². The minimum atomic E-state index is -0.525. The second kappa shape index (κ2) is 7.03. The number of nitrogens with one attached hydrogen (secondary N) is 1. The Labute approximate surface area is 123 Å². The van der Waals surface area contributed by atoms with Crippen molar-refractivity contribution in [3.63, 3.8) is 0 Å². The normalized spacial score (nSPS) is 16.4. The average molecular weight is 293 g/mol. The lowest BCUT2D eigenvalue weighted by atomic mass is 9.97. The van der Waals surface area contributed by atoms with Crippen LogP contribution in [0.1, 0.15) is 12.8 Å². The van der Waals surface area contributed by atoms with Crippen molar-refractivity contribution in [3.8, 4) is 5.75 Å². The van der Waals surface area contributed by atoms with Gasteiger partial charge in [0.25, 0.3) is 5.69 Å².